The van der Waals surface area contributed by atoms with Crippen molar-refractivity contribution in [2.75, 3.05) is 20.1 Å². The van der Waals surface area contributed by atoms with Gasteiger partial charge in [-0.3, -0.25) is 0 Å². The number of rotatable bonds is 7. The van der Waals surface area contributed by atoms with Crippen LogP contribution in [0.3, 0.4) is 0 Å². The highest BCUT2D eigenvalue weighted by molar-refractivity contribution is 7.89. The lowest BCUT2D eigenvalue weighted by Gasteiger charge is -2.07. The van der Waals surface area contributed by atoms with E-state index in [-0.39, 0.29) is 12.4 Å². The van der Waals surface area contributed by atoms with E-state index in [0.29, 0.717) is 11.4 Å². The fourth-order valence-electron chi connectivity index (χ4n) is 1.49. The average molecular weight is 293 g/mol. The molecular formula is C12H21ClN2O2S. The van der Waals surface area contributed by atoms with Crippen LogP contribution >= 0.6 is 12.4 Å². The molecule has 0 bridgehead atoms. The molecule has 0 atom stereocenters. The van der Waals surface area contributed by atoms with Gasteiger partial charge >= 0.3 is 0 Å². The van der Waals surface area contributed by atoms with Gasteiger partial charge in [0.05, 0.1) is 4.90 Å². The Morgan fingerprint density at radius 1 is 1.22 bits per heavy atom. The summed E-state index contributed by atoms with van der Waals surface area (Å²) in [5.41, 5.74) is 1.03. The monoisotopic (exact) mass is 292 g/mol. The first-order valence-electron chi connectivity index (χ1n) is 5.83. The van der Waals surface area contributed by atoms with Gasteiger partial charge in [-0.15, -0.1) is 12.4 Å². The van der Waals surface area contributed by atoms with E-state index in [2.05, 4.69) is 10.0 Å². The maximum absolute atomic E-state index is 11.9. The highest BCUT2D eigenvalue weighted by Crippen LogP contribution is 2.11. The van der Waals surface area contributed by atoms with Crippen LogP contribution in [0.1, 0.15) is 18.9 Å². The molecule has 0 aliphatic heterocycles. The van der Waals surface area contributed by atoms with Crippen LogP contribution in [0.5, 0.6) is 0 Å². The Morgan fingerprint density at radius 3 is 2.56 bits per heavy atom. The van der Waals surface area contributed by atoms with E-state index < -0.39 is 10.0 Å². The lowest BCUT2D eigenvalue weighted by atomic mass is 10.2. The first-order chi connectivity index (χ1) is 8.10. The zero-order valence-electron chi connectivity index (χ0n) is 10.8. The highest BCUT2D eigenvalue weighted by atomic mass is 35.5. The molecule has 0 fully saturated rings. The number of halogens is 1. The standard InChI is InChI=1S/C12H20N2O2S.ClH/c1-3-11-6-4-7-12(10-11)17(15,16)14-9-5-8-13-2;/h4,6-7,10,13-14H,3,5,8-9H2,1-2H3;1H. The van der Waals surface area contributed by atoms with Crippen molar-refractivity contribution >= 4 is 22.4 Å². The van der Waals surface area contributed by atoms with Gasteiger partial charge in [-0.25, -0.2) is 13.1 Å². The zero-order chi connectivity index (χ0) is 12.7. The molecule has 4 nitrogen and oxygen atoms in total. The Labute approximate surface area is 116 Å². The van der Waals surface area contributed by atoms with Gasteiger partial charge in [-0.1, -0.05) is 19.1 Å². The molecule has 0 heterocycles. The molecule has 0 unspecified atom stereocenters. The number of hydrogen-bond acceptors (Lipinski definition) is 3. The highest BCUT2D eigenvalue weighted by Gasteiger charge is 2.12. The largest absolute Gasteiger partial charge is 0.320 e. The van der Waals surface area contributed by atoms with Gasteiger partial charge in [0.25, 0.3) is 0 Å². The van der Waals surface area contributed by atoms with E-state index in [1.807, 2.05) is 20.0 Å². The van der Waals surface area contributed by atoms with Gasteiger partial charge in [0.2, 0.25) is 10.0 Å². The van der Waals surface area contributed by atoms with Crippen molar-refractivity contribution in [3.8, 4) is 0 Å². The summed E-state index contributed by atoms with van der Waals surface area (Å²) < 4.78 is 26.5. The number of aryl methyl sites for hydroxylation is 1. The second-order valence-corrected chi connectivity index (χ2v) is 5.62. The molecule has 2 N–H and O–H groups in total. The lowest BCUT2D eigenvalue weighted by molar-refractivity contribution is 0.577. The summed E-state index contributed by atoms with van der Waals surface area (Å²) >= 11 is 0. The molecule has 0 amide bonds. The molecule has 0 spiro atoms. The molecule has 0 radical (unpaired) electrons. The molecule has 1 aromatic rings. The van der Waals surface area contributed by atoms with E-state index in [0.717, 1.165) is 24.9 Å². The topological polar surface area (TPSA) is 58.2 Å². The minimum Gasteiger partial charge on any atom is -0.320 e. The number of benzene rings is 1. The van der Waals surface area contributed by atoms with Gasteiger partial charge in [-0.05, 0) is 44.1 Å². The van der Waals surface area contributed by atoms with Gasteiger partial charge < -0.3 is 5.32 Å². The Hall–Kier alpha value is -0.620. The first-order valence-corrected chi connectivity index (χ1v) is 7.31. The van der Waals surface area contributed by atoms with Gasteiger partial charge in [0, 0.05) is 6.54 Å². The molecule has 0 aliphatic carbocycles. The minimum absolute atomic E-state index is 0. The van der Waals surface area contributed by atoms with Crippen LogP contribution in [0.15, 0.2) is 29.2 Å². The summed E-state index contributed by atoms with van der Waals surface area (Å²) in [4.78, 5) is 0.348. The second kappa shape index (κ2) is 8.48. The third-order valence-electron chi connectivity index (χ3n) is 2.51. The number of hydrogen-bond donors (Lipinski definition) is 2. The Balaban J connectivity index is 0.00000289. The van der Waals surface area contributed by atoms with Gasteiger partial charge in [-0.2, -0.15) is 0 Å². The average Bonchev–Trinajstić information content (AvgIpc) is 2.35. The van der Waals surface area contributed by atoms with Crippen LogP contribution in [-0.4, -0.2) is 28.6 Å². The summed E-state index contributed by atoms with van der Waals surface area (Å²) in [5, 5.41) is 2.98. The van der Waals surface area contributed by atoms with Crippen LogP contribution in [0.25, 0.3) is 0 Å². The second-order valence-electron chi connectivity index (χ2n) is 3.86. The molecule has 18 heavy (non-hydrogen) atoms. The normalized spacial score (nSPS) is 11.0. The first kappa shape index (κ1) is 17.4. The summed E-state index contributed by atoms with van der Waals surface area (Å²) in [7, 11) is -1.50. The molecule has 6 heteroatoms. The molecule has 0 aliphatic rings. The molecule has 0 aromatic heterocycles. The lowest BCUT2D eigenvalue weighted by Crippen LogP contribution is -2.26. The van der Waals surface area contributed by atoms with Crippen molar-refractivity contribution in [1.82, 2.24) is 10.0 Å². The Kier molecular flexibility index (Phi) is 8.18. The zero-order valence-corrected chi connectivity index (χ0v) is 12.4. The molecule has 1 rings (SSSR count). The van der Waals surface area contributed by atoms with E-state index in [9.17, 15) is 8.42 Å². The van der Waals surface area contributed by atoms with Crippen LogP contribution in [0.2, 0.25) is 0 Å². The van der Waals surface area contributed by atoms with Crippen molar-refractivity contribution < 1.29 is 8.42 Å². The SMILES string of the molecule is CCc1cccc(S(=O)(=O)NCCCNC)c1.Cl. The van der Waals surface area contributed by atoms with Crippen molar-refractivity contribution in [2.24, 2.45) is 0 Å². The van der Waals surface area contributed by atoms with Crippen LogP contribution in [0.4, 0.5) is 0 Å². The van der Waals surface area contributed by atoms with Crippen molar-refractivity contribution in [3.63, 3.8) is 0 Å². The Morgan fingerprint density at radius 2 is 1.94 bits per heavy atom. The summed E-state index contributed by atoms with van der Waals surface area (Å²) in [6.45, 7) is 3.27. The maximum Gasteiger partial charge on any atom is 0.240 e. The van der Waals surface area contributed by atoms with Crippen molar-refractivity contribution in [3.05, 3.63) is 29.8 Å². The molecule has 0 saturated heterocycles. The summed E-state index contributed by atoms with van der Waals surface area (Å²) in [6, 6.07) is 7.06. The van der Waals surface area contributed by atoms with Crippen LogP contribution in [-0.2, 0) is 16.4 Å². The predicted molar refractivity (Wildman–Crippen MR) is 76.8 cm³/mol. The number of sulfonamides is 1. The third kappa shape index (κ3) is 5.35. The molecule has 1 aromatic carbocycles. The van der Waals surface area contributed by atoms with E-state index in [4.69, 9.17) is 0 Å². The fraction of sp³-hybridized carbons (Fsp3) is 0.500. The van der Waals surface area contributed by atoms with Gasteiger partial charge in [0.1, 0.15) is 0 Å². The van der Waals surface area contributed by atoms with E-state index >= 15 is 0 Å². The quantitative estimate of drug-likeness (QED) is 0.750. The molecular weight excluding hydrogens is 272 g/mol. The molecule has 0 saturated carbocycles. The molecule has 104 valence electrons. The minimum atomic E-state index is -3.35. The van der Waals surface area contributed by atoms with Crippen LogP contribution in [0, 0.1) is 0 Å². The maximum atomic E-state index is 11.9. The third-order valence-corrected chi connectivity index (χ3v) is 3.97. The fourth-order valence-corrected chi connectivity index (χ4v) is 2.63. The van der Waals surface area contributed by atoms with Gasteiger partial charge in [0.15, 0.2) is 0 Å². The van der Waals surface area contributed by atoms with Crippen LogP contribution < -0.4 is 10.0 Å². The smallest absolute Gasteiger partial charge is 0.240 e. The van der Waals surface area contributed by atoms with Crippen molar-refractivity contribution in [1.29, 1.82) is 0 Å². The van der Waals surface area contributed by atoms with E-state index in [1.54, 1.807) is 18.2 Å². The van der Waals surface area contributed by atoms with E-state index in [1.165, 1.54) is 0 Å². The number of nitrogens with one attached hydrogen (secondary N) is 2. The summed E-state index contributed by atoms with van der Waals surface area (Å²) in [5.74, 6) is 0. The van der Waals surface area contributed by atoms with Crippen molar-refractivity contribution in [2.45, 2.75) is 24.7 Å². The Bertz CT molecular complexity index is 449. The predicted octanol–water partition coefficient (Wildman–Crippen LogP) is 1.56. The summed E-state index contributed by atoms with van der Waals surface area (Å²) in [6.07, 6.45) is 1.62.